The lowest BCUT2D eigenvalue weighted by Crippen LogP contribution is -2.58. The summed E-state index contributed by atoms with van der Waals surface area (Å²) < 4.78 is 73.1. The molecule has 0 aromatic rings. The summed E-state index contributed by atoms with van der Waals surface area (Å²) >= 11 is 0. The zero-order valence-corrected chi connectivity index (χ0v) is 21.4. The van der Waals surface area contributed by atoms with Gasteiger partial charge in [-0.25, -0.2) is 0 Å². The van der Waals surface area contributed by atoms with Crippen molar-refractivity contribution in [2.45, 2.75) is 97.1 Å². The van der Waals surface area contributed by atoms with Crippen molar-refractivity contribution >= 4 is 16.0 Å². The molecule has 0 spiro atoms. The molecule has 196 valence electrons. The molecular weight excluding hydrogens is 454 g/mol. The molecular formula is C26H45NO6S. The minimum absolute atomic E-state index is 0.0882. The third kappa shape index (κ3) is 4.94. The Morgan fingerprint density at radius 3 is 2.59 bits per heavy atom. The number of aliphatic hydroxyl groups is 2. The molecule has 4 fully saturated rings. The van der Waals surface area contributed by atoms with Crippen molar-refractivity contribution in [3.8, 4) is 0 Å². The highest BCUT2D eigenvalue weighted by Gasteiger charge is 2.62. The van der Waals surface area contributed by atoms with Gasteiger partial charge in [0.05, 0.1) is 19.3 Å². The van der Waals surface area contributed by atoms with E-state index in [1.54, 1.807) is 0 Å². The fourth-order valence-electron chi connectivity index (χ4n) is 8.34. The lowest BCUT2D eigenvalue weighted by atomic mass is 9.43. The molecule has 7 nitrogen and oxygen atoms in total. The van der Waals surface area contributed by atoms with E-state index >= 15 is 0 Å². The van der Waals surface area contributed by atoms with Crippen molar-refractivity contribution in [2.24, 2.45) is 46.3 Å². The van der Waals surface area contributed by atoms with Crippen LogP contribution in [-0.4, -0.2) is 53.6 Å². The van der Waals surface area contributed by atoms with Crippen LogP contribution in [-0.2, 0) is 14.9 Å². The molecule has 34 heavy (non-hydrogen) atoms. The maximum atomic E-state index is 12.2. The molecule has 8 heteroatoms. The highest BCUT2D eigenvalue weighted by Crippen LogP contribution is 2.68. The Balaban J connectivity index is 1.49. The van der Waals surface area contributed by atoms with E-state index in [4.69, 9.17) is 11.4 Å². The third-order valence-corrected chi connectivity index (χ3v) is 10.8. The quantitative estimate of drug-likeness (QED) is 0.394. The number of aliphatic hydroxyl groups excluding tert-OH is 1. The lowest BCUT2D eigenvalue weighted by Gasteiger charge is -2.62. The second-order valence-corrected chi connectivity index (χ2v) is 13.5. The van der Waals surface area contributed by atoms with Crippen LogP contribution in [0.25, 0.3) is 0 Å². The van der Waals surface area contributed by atoms with E-state index in [0.29, 0.717) is 18.8 Å². The fourth-order valence-corrected chi connectivity index (χ4v) is 8.70. The second kappa shape index (κ2) is 9.64. The Labute approximate surface area is 212 Å². The van der Waals surface area contributed by atoms with Crippen LogP contribution in [0.5, 0.6) is 0 Å². The first-order chi connectivity index (χ1) is 17.7. The van der Waals surface area contributed by atoms with Gasteiger partial charge in [-0.2, -0.15) is 8.42 Å². The first-order valence-corrected chi connectivity index (χ1v) is 14.4. The predicted octanol–water partition coefficient (Wildman–Crippen LogP) is 3.40. The summed E-state index contributed by atoms with van der Waals surface area (Å²) in [6, 6.07) is 0. The number of amides is 1. The van der Waals surface area contributed by atoms with Gasteiger partial charge in [0.1, 0.15) is 0 Å². The van der Waals surface area contributed by atoms with Crippen molar-refractivity contribution in [2.75, 3.05) is 12.3 Å². The van der Waals surface area contributed by atoms with Gasteiger partial charge in [-0.15, -0.1) is 0 Å². The maximum absolute atomic E-state index is 12.2. The van der Waals surface area contributed by atoms with E-state index in [1.807, 2.05) is 6.92 Å². The Bertz CT molecular complexity index is 1070. The SMILES string of the molecule is [2H]C1([2H])C[C@@]2(C)[C@H](C[C@@H](O)[C@@H]3[C@@H]2CC[C@]2(C)[C@@H]([C@H](C)CCC(=O)NCCS(=O)(=O)O)CC[C@@H]32)C([2H])([2H])[C@]1([2H])O. The number of carbonyl (C=O) groups excluding carboxylic acids is 1. The number of hydrogen-bond donors (Lipinski definition) is 4. The van der Waals surface area contributed by atoms with Crippen LogP contribution in [0.4, 0.5) is 0 Å². The Morgan fingerprint density at radius 1 is 1.18 bits per heavy atom. The summed E-state index contributed by atoms with van der Waals surface area (Å²) in [5.41, 5.74) is -0.885. The monoisotopic (exact) mass is 504 g/mol. The maximum Gasteiger partial charge on any atom is 0.266 e. The standard InChI is InChI=1S/C26H45NO6S/c1-16(4-7-23(30)27-12-13-34(31,32)33)19-5-6-20-24-21(9-11-26(19,20)3)25(2)10-8-18(28)14-17(25)15-22(24)29/h16-22,24,28-29H,4-15H2,1-3H3,(H,27,30)(H,31,32,33)/t16-,17+,18-,19-,20+,21+,22-,24+,25+,26-/m1/s1/i8D2,14D2,18D. The highest BCUT2D eigenvalue weighted by atomic mass is 32.2. The molecule has 4 aliphatic carbocycles. The van der Waals surface area contributed by atoms with Gasteiger partial charge in [-0.3, -0.25) is 9.35 Å². The molecule has 0 aromatic heterocycles. The van der Waals surface area contributed by atoms with E-state index in [1.165, 1.54) is 0 Å². The van der Waals surface area contributed by atoms with Crippen molar-refractivity contribution in [3.05, 3.63) is 0 Å². The van der Waals surface area contributed by atoms with Gasteiger partial charge in [-0.1, -0.05) is 20.8 Å². The molecule has 4 aliphatic rings. The molecule has 4 saturated carbocycles. The van der Waals surface area contributed by atoms with Crippen LogP contribution in [0, 0.1) is 46.3 Å². The van der Waals surface area contributed by atoms with Gasteiger partial charge in [-0.05, 0) is 104 Å². The summed E-state index contributed by atoms with van der Waals surface area (Å²) in [5.74, 6) is -1.14. The van der Waals surface area contributed by atoms with Gasteiger partial charge in [0.25, 0.3) is 10.1 Å². The molecule has 0 saturated heterocycles. The number of nitrogens with one attached hydrogen (secondary N) is 1. The molecule has 4 N–H and O–H groups in total. The smallest absolute Gasteiger partial charge is 0.266 e. The number of fused-ring (bicyclic) bond motifs is 5. The van der Waals surface area contributed by atoms with Crippen molar-refractivity contribution < 1.29 is 34.8 Å². The number of rotatable bonds is 7. The van der Waals surface area contributed by atoms with Crippen LogP contribution in [0.2, 0.25) is 0 Å². The van der Waals surface area contributed by atoms with Gasteiger partial charge >= 0.3 is 0 Å². The zero-order valence-electron chi connectivity index (χ0n) is 25.6. The van der Waals surface area contributed by atoms with Crippen molar-refractivity contribution in [1.82, 2.24) is 5.32 Å². The average molecular weight is 505 g/mol. The highest BCUT2D eigenvalue weighted by molar-refractivity contribution is 7.85. The largest absolute Gasteiger partial charge is 0.393 e. The first-order valence-electron chi connectivity index (χ1n) is 15.3. The van der Waals surface area contributed by atoms with E-state index < -0.39 is 52.1 Å². The number of carbonyl (C=O) groups is 1. The van der Waals surface area contributed by atoms with Gasteiger partial charge in [0, 0.05) is 18.4 Å². The van der Waals surface area contributed by atoms with Gasteiger partial charge in [0.2, 0.25) is 5.91 Å². The number of hydrogen-bond acceptors (Lipinski definition) is 5. The van der Waals surface area contributed by atoms with Gasteiger partial charge in [0.15, 0.2) is 0 Å². The predicted molar refractivity (Wildman–Crippen MR) is 130 cm³/mol. The molecule has 4 rings (SSSR count). The van der Waals surface area contributed by atoms with E-state index in [9.17, 15) is 23.4 Å². The molecule has 0 heterocycles. The summed E-state index contributed by atoms with van der Waals surface area (Å²) in [6.45, 7) is 6.16. The summed E-state index contributed by atoms with van der Waals surface area (Å²) in [7, 11) is -4.13. The summed E-state index contributed by atoms with van der Waals surface area (Å²) in [4.78, 5) is 12.2. The second-order valence-electron chi connectivity index (χ2n) is 11.9. The minimum atomic E-state index is -4.13. The lowest BCUT2D eigenvalue weighted by molar-refractivity contribution is -0.174. The van der Waals surface area contributed by atoms with Crippen molar-refractivity contribution in [3.63, 3.8) is 0 Å². The molecule has 1 amide bonds. The molecule has 0 unspecified atom stereocenters. The minimum Gasteiger partial charge on any atom is -0.393 e. The normalized spacial score (nSPS) is 52.4. The first kappa shape index (κ1) is 20.4. The Hall–Kier alpha value is -0.700. The van der Waals surface area contributed by atoms with E-state index in [0.717, 1.165) is 19.3 Å². The molecule has 0 bridgehead atoms. The Morgan fingerprint density at radius 2 is 1.88 bits per heavy atom. The molecule has 0 aliphatic heterocycles. The van der Waals surface area contributed by atoms with E-state index in [2.05, 4.69) is 19.2 Å². The fraction of sp³-hybridized carbons (Fsp3) is 0.962. The average Bonchev–Trinajstić information content (AvgIpc) is 3.14. The third-order valence-electron chi connectivity index (χ3n) is 10.1. The van der Waals surface area contributed by atoms with Crippen molar-refractivity contribution in [1.29, 1.82) is 0 Å². The topological polar surface area (TPSA) is 124 Å². The molecule has 0 radical (unpaired) electrons. The van der Waals surface area contributed by atoms with E-state index in [-0.39, 0.29) is 60.8 Å². The Kier molecular flexibility index (Phi) is 5.77. The summed E-state index contributed by atoms with van der Waals surface area (Å²) in [5, 5.41) is 24.7. The van der Waals surface area contributed by atoms with Crippen LogP contribution in [0.1, 0.15) is 91.7 Å². The van der Waals surface area contributed by atoms with Gasteiger partial charge < -0.3 is 15.5 Å². The van der Waals surface area contributed by atoms with Crippen LogP contribution < -0.4 is 5.32 Å². The van der Waals surface area contributed by atoms with Crippen LogP contribution in [0.15, 0.2) is 0 Å². The zero-order chi connectivity index (χ0) is 29.4. The van der Waals surface area contributed by atoms with Crippen LogP contribution >= 0.6 is 0 Å². The summed E-state index contributed by atoms with van der Waals surface area (Å²) in [6.07, 6.45) is -4.38. The van der Waals surface area contributed by atoms with Crippen LogP contribution in [0.3, 0.4) is 0 Å². The molecule has 0 aromatic carbocycles. The molecule has 10 atom stereocenters.